The van der Waals surface area contributed by atoms with E-state index in [1.807, 2.05) is 30.3 Å². The first-order chi connectivity index (χ1) is 10.3. The van der Waals surface area contributed by atoms with Gasteiger partial charge in [0, 0.05) is 18.3 Å². The minimum Gasteiger partial charge on any atom is -0.370 e. The number of hydrogen-bond donors (Lipinski definition) is 2. The summed E-state index contributed by atoms with van der Waals surface area (Å²) in [5, 5.41) is 3.11. The summed E-state index contributed by atoms with van der Waals surface area (Å²) >= 11 is 0. The van der Waals surface area contributed by atoms with Gasteiger partial charge in [-0.1, -0.05) is 37.5 Å². The highest BCUT2D eigenvalue weighted by Crippen LogP contribution is 2.21. The van der Waals surface area contributed by atoms with Gasteiger partial charge in [0.05, 0.1) is 0 Å². The quantitative estimate of drug-likeness (QED) is 0.322. The molecule has 4 nitrogen and oxygen atoms in total. The molecule has 0 amide bonds. The van der Waals surface area contributed by atoms with Crippen LogP contribution in [-0.4, -0.2) is 37.0 Å². The second kappa shape index (κ2) is 10.8. The maximum absolute atomic E-state index is 5.89. The molecule has 5 heteroatoms. The zero-order valence-corrected chi connectivity index (χ0v) is 15.8. The zero-order chi connectivity index (χ0) is 14.9. The number of nitrogens with one attached hydrogen (secondary N) is 1. The smallest absolute Gasteiger partial charge is 0.193 e. The third-order valence-electron chi connectivity index (χ3n) is 4.20. The van der Waals surface area contributed by atoms with Crippen molar-refractivity contribution in [3.05, 3.63) is 30.3 Å². The maximum Gasteiger partial charge on any atom is 0.193 e. The first kappa shape index (κ1) is 19.2. The van der Waals surface area contributed by atoms with E-state index in [2.05, 4.69) is 22.3 Å². The molecule has 0 radical (unpaired) electrons. The van der Waals surface area contributed by atoms with Gasteiger partial charge in [-0.15, -0.1) is 24.0 Å². The maximum atomic E-state index is 5.89. The largest absolute Gasteiger partial charge is 0.370 e. The highest BCUT2D eigenvalue weighted by atomic mass is 127. The van der Waals surface area contributed by atoms with E-state index in [1.54, 1.807) is 0 Å². The van der Waals surface area contributed by atoms with Gasteiger partial charge in [0.15, 0.2) is 5.96 Å². The van der Waals surface area contributed by atoms with Crippen molar-refractivity contribution >= 4 is 35.6 Å². The van der Waals surface area contributed by atoms with Crippen molar-refractivity contribution in [3.63, 3.8) is 0 Å². The summed E-state index contributed by atoms with van der Waals surface area (Å²) in [6, 6.07) is 10.7. The molecule has 0 bridgehead atoms. The Bertz CT molecular complexity index is 430. The fourth-order valence-electron chi connectivity index (χ4n) is 2.93. The molecule has 1 aromatic carbocycles. The van der Waals surface area contributed by atoms with Gasteiger partial charge in [0.1, 0.15) is 0 Å². The van der Waals surface area contributed by atoms with Crippen LogP contribution in [0.25, 0.3) is 0 Å². The van der Waals surface area contributed by atoms with Crippen molar-refractivity contribution in [1.29, 1.82) is 0 Å². The summed E-state index contributed by atoms with van der Waals surface area (Å²) in [6.45, 7) is 1.88. The van der Waals surface area contributed by atoms with E-state index < -0.39 is 0 Å². The molecule has 1 aromatic rings. The highest BCUT2D eigenvalue weighted by Gasteiger charge is 2.16. The summed E-state index contributed by atoms with van der Waals surface area (Å²) in [4.78, 5) is 6.89. The molecule has 1 aliphatic rings. The molecule has 3 N–H and O–H groups in total. The molecular weight excluding hydrogens is 387 g/mol. The van der Waals surface area contributed by atoms with Crippen LogP contribution in [-0.2, 0) is 0 Å². The van der Waals surface area contributed by atoms with Crippen molar-refractivity contribution in [1.82, 2.24) is 4.90 Å². The van der Waals surface area contributed by atoms with E-state index in [1.165, 1.54) is 32.1 Å². The number of nitrogens with two attached hydrogens (primary N) is 1. The molecule has 124 valence electrons. The van der Waals surface area contributed by atoms with Gasteiger partial charge in [-0.2, -0.15) is 0 Å². The Morgan fingerprint density at radius 1 is 1.23 bits per heavy atom. The highest BCUT2D eigenvalue weighted by molar-refractivity contribution is 14.0. The molecule has 1 saturated carbocycles. The number of nitrogens with zero attached hydrogens (tertiary/aromatic N) is 2. The van der Waals surface area contributed by atoms with Crippen LogP contribution < -0.4 is 11.1 Å². The number of hydrogen-bond acceptors (Lipinski definition) is 2. The number of halogens is 1. The third kappa shape index (κ3) is 6.96. The minimum absolute atomic E-state index is 0. The Morgan fingerprint density at radius 3 is 2.59 bits per heavy atom. The monoisotopic (exact) mass is 416 g/mol. The fourth-order valence-corrected chi connectivity index (χ4v) is 2.93. The molecule has 0 atom stereocenters. The molecule has 0 unspecified atom stereocenters. The Labute approximate surface area is 151 Å². The Balaban J connectivity index is 0.00000242. The van der Waals surface area contributed by atoms with E-state index in [0.717, 1.165) is 31.2 Å². The Kier molecular flexibility index (Phi) is 9.47. The third-order valence-corrected chi connectivity index (χ3v) is 4.20. The van der Waals surface area contributed by atoms with Gasteiger partial charge in [-0.05, 0) is 45.0 Å². The van der Waals surface area contributed by atoms with Crippen LogP contribution in [0.4, 0.5) is 5.69 Å². The number of guanidine groups is 1. The molecule has 0 heterocycles. The molecule has 2 rings (SSSR count). The van der Waals surface area contributed by atoms with Crippen LogP contribution in [0.2, 0.25) is 0 Å². The van der Waals surface area contributed by atoms with Crippen molar-refractivity contribution in [2.45, 2.75) is 44.6 Å². The van der Waals surface area contributed by atoms with Crippen molar-refractivity contribution < 1.29 is 0 Å². The van der Waals surface area contributed by atoms with E-state index in [0.29, 0.717) is 5.96 Å². The second-order valence-electron chi connectivity index (χ2n) is 5.88. The predicted molar refractivity (Wildman–Crippen MR) is 106 cm³/mol. The molecule has 22 heavy (non-hydrogen) atoms. The summed E-state index contributed by atoms with van der Waals surface area (Å²) in [6.07, 6.45) is 7.97. The van der Waals surface area contributed by atoms with Gasteiger partial charge < -0.3 is 16.0 Å². The number of aliphatic imine (C=N–C) groups is 1. The van der Waals surface area contributed by atoms with Gasteiger partial charge in [0.25, 0.3) is 0 Å². The van der Waals surface area contributed by atoms with Crippen molar-refractivity contribution in [3.8, 4) is 0 Å². The van der Waals surface area contributed by atoms with E-state index in [-0.39, 0.29) is 24.0 Å². The SMILES string of the molecule is CN(CCCN=C(N)Nc1ccccc1)C1CCCCC1.I. The van der Waals surface area contributed by atoms with Crippen LogP contribution in [0.5, 0.6) is 0 Å². The lowest BCUT2D eigenvalue weighted by Crippen LogP contribution is -2.34. The zero-order valence-electron chi connectivity index (χ0n) is 13.5. The van der Waals surface area contributed by atoms with Crippen LogP contribution in [0, 0.1) is 0 Å². The van der Waals surface area contributed by atoms with Crippen LogP contribution in [0.3, 0.4) is 0 Å². The molecule has 1 fully saturated rings. The molecular formula is C17H29IN4. The van der Waals surface area contributed by atoms with E-state index >= 15 is 0 Å². The lowest BCUT2D eigenvalue weighted by Gasteiger charge is -2.30. The fraction of sp³-hybridized carbons (Fsp3) is 0.588. The second-order valence-corrected chi connectivity index (χ2v) is 5.88. The molecule has 0 aliphatic heterocycles. The topological polar surface area (TPSA) is 53.6 Å². The number of anilines is 1. The summed E-state index contributed by atoms with van der Waals surface area (Å²) in [5.74, 6) is 0.501. The first-order valence-corrected chi connectivity index (χ1v) is 8.08. The lowest BCUT2D eigenvalue weighted by atomic mass is 9.94. The predicted octanol–water partition coefficient (Wildman–Crippen LogP) is 3.69. The van der Waals surface area contributed by atoms with Crippen molar-refractivity contribution in [2.75, 3.05) is 25.5 Å². The Hall–Kier alpha value is -0.820. The van der Waals surface area contributed by atoms with Crippen LogP contribution in [0.1, 0.15) is 38.5 Å². The normalized spacial score (nSPS) is 16.4. The molecule has 1 aliphatic carbocycles. The minimum atomic E-state index is 0. The van der Waals surface area contributed by atoms with Gasteiger partial charge >= 0.3 is 0 Å². The number of para-hydroxylation sites is 1. The first-order valence-electron chi connectivity index (χ1n) is 8.08. The number of benzene rings is 1. The van der Waals surface area contributed by atoms with Gasteiger partial charge in [-0.3, -0.25) is 4.99 Å². The summed E-state index contributed by atoms with van der Waals surface area (Å²) < 4.78 is 0. The van der Waals surface area contributed by atoms with Gasteiger partial charge in [-0.25, -0.2) is 0 Å². The van der Waals surface area contributed by atoms with E-state index in [4.69, 9.17) is 5.73 Å². The standard InChI is InChI=1S/C17H28N4.HI/c1-21(16-11-6-3-7-12-16)14-8-13-19-17(18)20-15-9-4-2-5-10-15;/h2,4-5,9-10,16H,3,6-8,11-14H2,1H3,(H3,18,19,20);1H. The van der Waals surface area contributed by atoms with Crippen LogP contribution in [0.15, 0.2) is 35.3 Å². The summed E-state index contributed by atoms with van der Waals surface area (Å²) in [5.41, 5.74) is 6.88. The average molecular weight is 416 g/mol. The summed E-state index contributed by atoms with van der Waals surface area (Å²) in [7, 11) is 2.24. The van der Waals surface area contributed by atoms with Crippen molar-refractivity contribution in [2.24, 2.45) is 10.7 Å². The van der Waals surface area contributed by atoms with E-state index in [9.17, 15) is 0 Å². The Morgan fingerprint density at radius 2 is 1.91 bits per heavy atom. The number of rotatable bonds is 6. The van der Waals surface area contributed by atoms with Crippen LogP contribution >= 0.6 is 24.0 Å². The lowest BCUT2D eigenvalue weighted by molar-refractivity contribution is 0.191. The van der Waals surface area contributed by atoms with Gasteiger partial charge in [0.2, 0.25) is 0 Å². The average Bonchev–Trinajstić information content (AvgIpc) is 2.53. The molecule has 0 aromatic heterocycles. The molecule has 0 saturated heterocycles. The molecule has 0 spiro atoms.